The number of methoxy groups -OCH3 is 2. The van der Waals surface area contributed by atoms with Gasteiger partial charge in [0.15, 0.2) is 0 Å². The maximum Gasteiger partial charge on any atom is 0.425 e. The fraction of sp³-hybridized carbons (Fsp3) is 0.538. The Morgan fingerprint density at radius 3 is 2.63 bits per heavy atom. The van der Waals surface area contributed by atoms with Crippen LogP contribution in [0, 0.1) is 11.5 Å². The minimum absolute atomic E-state index is 0.135. The van der Waals surface area contributed by atoms with Gasteiger partial charge in [0.1, 0.15) is 30.1 Å². The van der Waals surface area contributed by atoms with E-state index in [-0.39, 0.29) is 6.04 Å². The first-order valence-electron chi connectivity index (χ1n) is 11.8. The molecule has 4 nitrogen and oxygen atoms in total. The second kappa shape index (κ2) is 9.81. The highest BCUT2D eigenvalue weighted by Gasteiger charge is 2.47. The van der Waals surface area contributed by atoms with Gasteiger partial charge >= 0.3 is 6.18 Å². The van der Waals surface area contributed by atoms with E-state index in [0.717, 1.165) is 38.8 Å². The molecule has 0 saturated carbocycles. The molecule has 0 N–H and O–H groups in total. The Balaban J connectivity index is 1.67. The van der Waals surface area contributed by atoms with Crippen molar-refractivity contribution in [3.05, 3.63) is 45.1 Å². The van der Waals surface area contributed by atoms with Gasteiger partial charge in [0, 0.05) is 36.0 Å². The Morgan fingerprint density at radius 2 is 1.97 bits per heavy atom. The van der Waals surface area contributed by atoms with E-state index in [0.29, 0.717) is 39.0 Å². The lowest BCUT2D eigenvalue weighted by Crippen LogP contribution is -2.50. The number of rotatable bonds is 4. The molecule has 190 valence electrons. The van der Waals surface area contributed by atoms with Gasteiger partial charge in [-0.1, -0.05) is 31.6 Å². The minimum Gasteiger partial charge on any atom is -0.497 e. The average molecular weight is 524 g/mol. The molecule has 2 atom stereocenters. The van der Waals surface area contributed by atoms with Crippen molar-refractivity contribution in [2.45, 2.75) is 63.3 Å². The zero-order valence-corrected chi connectivity index (χ0v) is 22.7. The molecule has 35 heavy (non-hydrogen) atoms. The molecule has 4 rings (SSSR count). The maximum absolute atomic E-state index is 13.5. The van der Waals surface area contributed by atoms with Crippen LogP contribution in [0.4, 0.5) is 13.2 Å². The molecule has 1 fully saturated rings. The molecular formula is C26H32F3NO3SSi. The van der Waals surface area contributed by atoms with E-state index in [1.165, 1.54) is 6.07 Å². The van der Waals surface area contributed by atoms with E-state index in [2.05, 4.69) is 36.0 Å². The Bertz CT molecular complexity index is 1130. The molecule has 1 saturated heterocycles. The number of likely N-dealkylation sites (tertiary alicyclic amines) is 1. The van der Waals surface area contributed by atoms with Crippen molar-refractivity contribution in [3.63, 3.8) is 0 Å². The molecule has 0 radical (unpaired) electrons. The number of hydrogen-bond acceptors (Lipinski definition) is 5. The largest absolute Gasteiger partial charge is 0.497 e. The smallest absolute Gasteiger partial charge is 0.425 e. The van der Waals surface area contributed by atoms with Crippen molar-refractivity contribution in [2.75, 3.05) is 27.4 Å². The standard InChI is InChI=1S/C26H32F3NO3SSi/c1-31-21-7-6-19(22(15-21)32-2)17-30-11-10-25(16-20(30)9-13-35(3,4)5)24-18(8-12-33-25)14-23(34-24)26(27,28)29/h6-7,14-15,20H,8,10-12,16-17H2,1-5H3. The summed E-state index contributed by atoms with van der Waals surface area (Å²) < 4.78 is 57.8. The van der Waals surface area contributed by atoms with Crippen LogP contribution in [0.5, 0.6) is 11.5 Å². The molecule has 0 aliphatic carbocycles. The van der Waals surface area contributed by atoms with E-state index in [1.807, 2.05) is 18.2 Å². The molecular weight excluding hydrogens is 491 g/mol. The van der Waals surface area contributed by atoms with E-state index < -0.39 is 24.7 Å². The van der Waals surface area contributed by atoms with E-state index in [9.17, 15) is 13.2 Å². The number of fused-ring (bicyclic) bond motifs is 2. The van der Waals surface area contributed by atoms with Crippen LogP contribution in [0.15, 0.2) is 24.3 Å². The molecule has 2 aliphatic rings. The monoisotopic (exact) mass is 523 g/mol. The summed E-state index contributed by atoms with van der Waals surface area (Å²) in [6.45, 7) is 8.30. The van der Waals surface area contributed by atoms with Crippen molar-refractivity contribution in [1.82, 2.24) is 4.90 Å². The van der Waals surface area contributed by atoms with Gasteiger partial charge < -0.3 is 14.2 Å². The molecule has 2 unspecified atom stereocenters. The highest BCUT2D eigenvalue weighted by atomic mass is 32.1. The van der Waals surface area contributed by atoms with Gasteiger partial charge in [-0.05, 0) is 30.5 Å². The van der Waals surface area contributed by atoms with Gasteiger partial charge in [0.05, 0.1) is 26.9 Å². The molecule has 3 heterocycles. The molecule has 1 spiro atoms. The summed E-state index contributed by atoms with van der Waals surface area (Å²) in [6, 6.07) is 6.96. The fourth-order valence-corrected chi connectivity index (χ4v) is 6.61. The van der Waals surface area contributed by atoms with Crippen molar-refractivity contribution in [1.29, 1.82) is 0 Å². The van der Waals surface area contributed by atoms with Crippen LogP contribution in [0.25, 0.3) is 0 Å². The van der Waals surface area contributed by atoms with Crippen molar-refractivity contribution >= 4 is 19.4 Å². The lowest BCUT2D eigenvalue weighted by molar-refractivity contribution is -0.134. The lowest BCUT2D eigenvalue weighted by Gasteiger charge is -2.46. The SMILES string of the molecule is COc1ccc(CN2CCC3(CC2C#C[Si](C)(C)C)OCCc2cc(C(F)(F)F)sc23)c(OC)c1. The van der Waals surface area contributed by atoms with E-state index in [1.54, 1.807) is 14.2 Å². The first kappa shape index (κ1) is 26.1. The van der Waals surface area contributed by atoms with E-state index >= 15 is 0 Å². The van der Waals surface area contributed by atoms with Gasteiger partial charge in [-0.3, -0.25) is 4.90 Å². The Hall–Kier alpha value is -1.99. The summed E-state index contributed by atoms with van der Waals surface area (Å²) in [5.74, 6) is 4.97. The van der Waals surface area contributed by atoms with Crippen LogP contribution in [0.3, 0.4) is 0 Å². The van der Waals surface area contributed by atoms with Crippen LogP contribution in [0.2, 0.25) is 19.6 Å². The number of benzene rings is 1. The van der Waals surface area contributed by atoms with Crippen LogP contribution in [-0.2, 0) is 29.5 Å². The topological polar surface area (TPSA) is 30.9 Å². The number of piperidine rings is 1. The summed E-state index contributed by atoms with van der Waals surface area (Å²) in [5, 5.41) is 0. The van der Waals surface area contributed by atoms with Gasteiger partial charge in [-0.15, -0.1) is 16.9 Å². The quantitative estimate of drug-likeness (QED) is 0.358. The molecule has 0 amide bonds. The molecule has 2 aliphatic heterocycles. The summed E-state index contributed by atoms with van der Waals surface area (Å²) >= 11 is 0.847. The van der Waals surface area contributed by atoms with Crippen LogP contribution < -0.4 is 9.47 Å². The van der Waals surface area contributed by atoms with Crippen molar-refractivity contribution in [2.24, 2.45) is 0 Å². The van der Waals surface area contributed by atoms with Crippen LogP contribution >= 0.6 is 11.3 Å². The Kier molecular flexibility index (Phi) is 7.31. The average Bonchev–Trinajstić information content (AvgIpc) is 3.26. The molecule has 9 heteroatoms. The first-order chi connectivity index (χ1) is 16.4. The number of nitrogens with zero attached hydrogens (tertiary/aromatic N) is 1. The normalized spacial score (nSPS) is 22.9. The summed E-state index contributed by atoms with van der Waals surface area (Å²) in [6.07, 6.45) is -2.65. The highest BCUT2D eigenvalue weighted by molar-refractivity contribution is 7.12. The van der Waals surface area contributed by atoms with Gasteiger partial charge in [0.2, 0.25) is 0 Å². The molecule has 1 aromatic heterocycles. The predicted octanol–water partition coefficient (Wildman–Crippen LogP) is 6.10. The first-order valence-corrected chi connectivity index (χ1v) is 16.1. The molecule has 0 bridgehead atoms. The third-order valence-corrected chi connectivity index (χ3v) is 8.80. The zero-order chi connectivity index (χ0) is 25.4. The fourth-order valence-electron chi connectivity index (χ4n) is 4.76. The number of hydrogen-bond donors (Lipinski definition) is 0. The third kappa shape index (κ3) is 5.72. The van der Waals surface area contributed by atoms with Crippen LogP contribution in [-0.4, -0.2) is 46.4 Å². The van der Waals surface area contributed by atoms with Gasteiger partial charge in [0.25, 0.3) is 0 Å². The Morgan fingerprint density at radius 1 is 1.20 bits per heavy atom. The number of ether oxygens (including phenoxy) is 3. The zero-order valence-electron chi connectivity index (χ0n) is 20.8. The lowest BCUT2D eigenvalue weighted by atomic mass is 9.81. The second-order valence-electron chi connectivity index (χ2n) is 10.2. The second-order valence-corrected chi connectivity index (χ2v) is 16.0. The van der Waals surface area contributed by atoms with Gasteiger partial charge in [-0.2, -0.15) is 13.2 Å². The van der Waals surface area contributed by atoms with E-state index in [4.69, 9.17) is 14.2 Å². The van der Waals surface area contributed by atoms with Crippen LogP contribution in [0.1, 0.15) is 33.7 Å². The third-order valence-electron chi connectivity index (χ3n) is 6.50. The minimum atomic E-state index is -4.34. The Labute approximate surface area is 210 Å². The maximum atomic E-state index is 13.5. The molecule has 2 aromatic rings. The summed E-state index contributed by atoms with van der Waals surface area (Å²) in [5.41, 5.74) is 4.56. The number of thiophene rings is 1. The summed E-state index contributed by atoms with van der Waals surface area (Å²) in [4.78, 5) is 2.50. The highest BCUT2D eigenvalue weighted by Crippen LogP contribution is 2.49. The van der Waals surface area contributed by atoms with Crippen molar-refractivity contribution < 1.29 is 27.4 Å². The molecule has 1 aromatic carbocycles. The van der Waals surface area contributed by atoms with Crippen molar-refractivity contribution in [3.8, 4) is 23.0 Å². The number of alkyl halides is 3. The predicted molar refractivity (Wildman–Crippen MR) is 135 cm³/mol. The number of halogens is 3. The van der Waals surface area contributed by atoms with Gasteiger partial charge in [-0.25, -0.2) is 0 Å². The summed E-state index contributed by atoms with van der Waals surface area (Å²) in [7, 11) is 1.59.